The summed E-state index contributed by atoms with van der Waals surface area (Å²) in [5.41, 5.74) is -10.3. The van der Waals surface area contributed by atoms with Crippen LogP contribution >= 0.6 is 0 Å². The fraction of sp³-hybridized carbons (Fsp3) is 0. The normalized spacial score (nSPS) is 14.1. The molecule has 0 heterocycles. The third-order valence-electron chi connectivity index (χ3n) is 7.71. The Labute approximate surface area is 279 Å². The molecule has 0 N–H and O–H groups in total. The molecule has 2 aliphatic rings. The number of benzene rings is 3. The highest BCUT2D eigenvalue weighted by atomic mass is 19.2. The third-order valence-corrected chi connectivity index (χ3v) is 7.71. The highest BCUT2D eigenvalue weighted by Gasteiger charge is 2.44. The van der Waals surface area contributed by atoms with E-state index in [-0.39, 0.29) is 0 Å². The summed E-state index contributed by atoms with van der Waals surface area (Å²) < 4.78 is 57.9. The Bertz CT molecular complexity index is 2580. The average molecular weight is 652 g/mol. The van der Waals surface area contributed by atoms with E-state index < -0.39 is 124 Å². The summed E-state index contributed by atoms with van der Waals surface area (Å²) in [6, 6.07) is 12.3. The summed E-state index contributed by atoms with van der Waals surface area (Å²) in [7, 11) is 0. The summed E-state index contributed by atoms with van der Waals surface area (Å²) in [5, 5.41) is 61.7. The molecule has 0 amide bonds. The monoisotopic (exact) mass is 652 g/mol. The largest absolute Gasteiger partial charge is 0.270 e. The second kappa shape index (κ2) is 12.2. The van der Waals surface area contributed by atoms with Crippen molar-refractivity contribution in [3.8, 4) is 36.4 Å². The second-order valence-corrected chi connectivity index (χ2v) is 9.88. The number of hydrogen-bond donors (Lipinski definition) is 0. The fourth-order valence-corrected chi connectivity index (χ4v) is 5.88. The molecule has 5 rings (SSSR count). The molecule has 0 unspecified atom stereocenters. The lowest BCUT2D eigenvalue weighted by Gasteiger charge is -2.17. The summed E-state index contributed by atoms with van der Waals surface area (Å²) >= 11 is 0. The maximum Gasteiger partial charge on any atom is 0.270 e. The summed E-state index contributed by atoms with van der Waals surface area (Å²) in [6.07, 6.45) is 0. The Balaban J connectivity index is 2.16. The molecular weight excluding hydrogens is 648 g/mol. The van der Waals surface area contributed by atoms with Crippen LogP contribution in [0, 0.1) is 118 Å². The zero-order valence-corrected chi connectivity index (χ0v) is 24.3. The van der Waals surface area contributed by atoms with E-state index in [1.165, 1.54) is 0 Å². The summed E-state index contributed by atoms with van der Waals surface area (Å²) in [4.78, 5) is 13.0. The second-order valence-electron chi connectivity index (χ2n) is 9.88. The number of nitriles is 6. The lowest BCUT2D eigenvalue weighted by atomic mass is 9.83. The highest BCUT2D eigenvalue weighted by Crippen LogP contribution is 2.59. The number of fused-ring (bicyclic) bond motifs is 2. The van der Waals surface area contributed by atoms with Crippen molar-refractivity contribution in [1.29, 1.82) is 31.6 Å². The number of allylic oxidation sites excluding steroid dienone is 7. The van der Waals surface area contributed by atoms with Gasteiger partial charge in [0.25, 0.3) is 11.4 Å². The van der Waals surface area contributed by atoms with Crippen molar-refractivity contribution in [1.82, 2.24) is 0 Å². The molecule has 226 valence electrons. The van der Waals surface area contributed by atoms with Gasteiger partial charge in [-0.1, -0.05) is 0 Å². The molecule has 0 bridgehead atoms. The SMILES string of the molecule is [C-]#[N+]C1=C(c2cc(F)c(F)cc2[N+]#[C-])/C(=C(/C#N)[N+]#[C-])c2c(C#N)c3c(c(C#N)c21)/C(=C(/C#N)[N+]#[C-])C(c1cc(F)c(F)cc1C#N)=C3C#N. The van der Waals surface area contributed by atoms with Gasteiger partial charge in [-0.3, -0.25) is 0 Å². The van der Waals surface area contributed by atoms with Crippen molar-refractivity contribution in [2.45, 2.75) is 0 Å². The predicted octanol–water partition coefficient (Wildman–Crippen LogP) is 7.97. The minimum atomic E-state index is -1.50. The fourth-order valence-electron chi connectivity index (χ4n) is 5.88. The maximum atomic E-state index is 14.7. The Morgan fingerprint density at radius 2 is 1.04 bits per heavy atom. The first-order valence-corrected chi connectivity index (χ1v) is 13.2. The van der Waals surface area contributed by atoms with Gasteiger partial charge in [0.15, 0.2) is 23.1 Å². The van der Waals surface area contributed by atoms with Gasteiger partial charge in [0, 0.05) is 22.3 Å². The van der Waals surface area contributed by atoms with Crippen LogP contribution in [0.25, 0.3) is 52.9 Å². The van der Waals surface area contributed by atoms with E-state index in [0.717, 1.165) is 0 Å². The molecular formula is C36H4F4N10. The van der Waals surface area contributed by atoms with E-state index in [0.29, 0.717) is 24.3 Å². The predicted molar refractivity (Wildman–Crippen MR) is 164 cm³/mol. The van der Waals surface area contributed by atoms with E-state index in [4.69, 9.17) is 26.3 Å². The van der Waals surface area contributed by atoms with E-state index in [1.807, 2.05) is 12.1 Å². The Morgan fingerprint density at radius 3 is 1.52 bits per heavy atom. The molecule has 10 nitrogen and oxygen atoms in total. The highest BCUT2D eigenvalue weighted by molar-refractivity contribution is 6.31. The molecule has 0 saturated carbocycles. The van der Waals surface area contributed by atoms with Gasteiger partial charge in [0.1, 0.15) is 18.0 Å². The van der Waals surface area contributed by atoms with Gasteiger partial charge in [0.05, 0.1) is 72.8 Å². The molecule has 0 saturated heterocycles. The molecule has 50 heavy (non-hydrogen) atoms. The number of hydrogen-bond acceptors (Lipinski definition) is 6. The van der Waals surface area contributed by atoms with E-state index in [2.05, 4.69) is 19.4 Å². The summed E-state index contributed by atoms with van der Waals surface area (Å²) in [5.74, 6) is -5.91. The molecule has 0 atom stereocenters. The topological polar surface area (TPSA) is 160 Å². The average Bonchev–Trinajstić information content (AvgIpc) is 3.63. The van der Waals surface area contributed by atoms with Gasteiger partial charge in [-0.2, -0.15) is 21.0 Å². The van der Waals surface area contributed by atoms with Gasteiger partial charge in [-0.15, -0.1) is 0 Å². The number of rotatable bonds is 2. The summed E-state index contributed by atoms with van der Waals surface area (Å²) in [6.45, 7) is 31.1. The number of nitrogens with zero attached hydrogens (tertiary/aromatic N) is 10. The molecule has 0 spiro atoms. The van der Waals surface area contributed by atoms with Gasteiger partial charge in [-0.05, 0) is 57.7 Å². The van der Waals surface area contributed by atoms with Crippen molar-refractivity contribution in [3.05, 3.63) is 155 Å². The van der Waals surface area contributed by atoms with Crippen molar-refractivity contribution < 1.29 is 17.6 Å². The number of halogens is 4. The Kier molecular flexibility index (Phi) is 7.97. The smallest absolute Gasteiger partial charge is 0.237 e. The molecule has 0 radical (unpaired) electrons. The van der Waals surface area contributed by atoms with Crippen LogP contribution in [-0.4, -0.2) is 0 Å². The molecule has 3 aromatic carbocycles. The molecule has 3 aromatic rings. The van der Waals surface area contributed by atoms with Crippen LogP contribution in [0.3, 0.4) is 0 Å². The van der Waals surface area contributed by atoms with Crippen molar-refractivity contribution in [2.75, 3.05) is 0 Å². The zero-order valence-electron chi connectivity index (χ0n) is 24.3. The van der Waals surface area contributed by atoms with E-state index in [1.54, 1.807) is 24.3 Å². The van der Waals surface area contributed by atoms with Crippen LogP contribution in [0.4, 0.5) is 23.2 Å². The Morgan fingerprint density at radius 1 is 0.540 bits per heavy atom. The minimum absolute atomic E-state index is 0.475. The first-order valence-electron chi connectivity index (χ1n) is 13.2. The van der Waals surface area contributed by atoms with Gasteiger partial charge < -0.3 is 0 Å². The van der Waals surface area contributed by atoms with Crippen LogP contribution in [0.15, 0.2) is 35.7 Å². The standard InChI is InChI=1S/C36H4F4N10/c1-47-25-8-24(40)23(39)7-17(25)32-35(27(14-46)49-3)31-19(11-43)29-18(10-42)28(16-6-22(38)21(37)5-15(16)9-41)34(26(13-45)48-2)30(29)20(12-44)33(31)36(32)50-4/h5-8H/b34-26-,35-27-. The van der Waals surface area contributed by atoms with Crippen LogP contribution in [0.2, 0.25) is 0 Å². The molecule has 0 fully saturated rings. The van der Waals surface area contributed by atoms with Crippen molar-refractivity contribution >= 4 is 39.2 Å². The van der Waals surface area contributed by atoms with Crippen LogP contribution in [-0.2, 0) is 0 Å². The molecule has 0 aromatic heterocycles. The quantitative estimate of drug-likeness (QED) is 0.155. The zero-order chi connectivity index (χ0) is 36.6. The maximum absolute atomic E-state index is 14.7. The Hall–Kier alpha value is -8.76. The molecule has 2 aliphatic carbocycles. The molecule has 0 aliphatic heterocycles. The van der Waals surface area contributed by atoms with Crippen molar-refractivity contribution in [3.63, 3.8) is 0 Å². The van der Waals surface area contributed by atoms with Crippen LogP contribution in [0.5, 0.6) is 0 Å². The third kappa shape index (κ3) is 4.32. The van der Waals surface area contributed by atoms with Crippen LogP contribution < -0.4 is 0 Å². The first-order chi connectivity index (χ1) is 24.1. The molecule has 14 heteroatoms. The van der Waals surface area contributed by atoms with Crippen LogP contribution in [0.1, 0.15) is 50.1 Å². The van der Waals surface area contributed by atoms with E-state index >= 15 is 0 Å². The lowest BCUT2D eigenvalue weighted by molar-refractivity contribution is 0.508. The van der Waals surface area contributed by atoms with Gasteiger partial charge >= 0.3 is 0 Å². The lowest BCUT2D eigenvalue weighted by Crippen LogP contribution is -2.04. The minimum Gasteiger partial charge on any atom is -0.237 e. The van der Waals surface area contributed by atoms with E-state index in [9.17, 15) is 49.1 Å². The van der Waals surface area contributed by atoms with Crippen molar-refractivity contribution in [2.24, 2.45) is 0 Å². The van der Waals surface area contributed by atoms with Gasteiger partial charge in [0.2, 0.25) is 5.70 Å². The van der Waals surface area contributed by atoms with Gasteiger partial charge in [-0.25, -0.2) is 47.5 Å². The first kappa shape index (κ1) is 32.6.